The molecule has 158 valence electrons. The molecule has 0 saturated heterocycles. The smallest absolute Gasteiger partial charge is 0.249 e. The van der Waals surface area contributed by atoms with Gasteiger partial charge in [-0.3, -0.25) is 4.79 Å². The van der Waals surface area contributed by atoms with Crippen LogP contribution in [0.15, 0.2) is 18.2 Å². The van der Waals surface area contributed by atoms with E-state index in [-0.39, 0.29) is 17.9 Å². The molecule has 28 heavy (non-hydrogen) atoms. The van der Waals surface area contributed by atoms with Crippen LogP contribution in [0.3, 0.4) is 0 Å². The van der Waals surface area contributed by atoms with Crippen LogP contribution in [0.1, 0.15) is 64.9 Å². The van der Waals surface area contributed by atoms with E-state index in [9.17, 15) is 4.79 Å². The highest BCUT2D eigenvalue weighted by Gasteiger charge is 2.29. The van der Waals surface area contributed by atoms with Crippen LogP contribution in [0, 0.1) is 11.8 Å². The van der Waals surface area contributed by atoms with Crippen LogP contribution in [0.5, 0.6) is 11.5 Å². The third-order valence-electron chi connectivity index (χ3n) is 5.56. The molecule has 1 aromatic carbocycles. The molecule has 1 aliphatic rings. The first kappa shape index (κ1) is 22.5. The summed E-state index contributed by atoms with van der Waals surface area (Å²) in [6.45, 7) is 6.50. The summed E-state index contributed by atoms with van der Waals surface area (Å²) in [6.07, 6.45) is 7.16. The van der Waals surface area contributed by atoms with Crippen LogP contribution in [0.2, 0.25) is 0 Å². The number of methoxy groups -OCH3 is 2. The number of hydrogen-bond acceptors (Lipinski definition) is 4. The predicted octanol–water partition coefficient (Wildman–Crippen LogP) is 4.72. The largest absolute Gasteiger partial charge is 0.497 e. The lowest BCUT2D eigenvalue weighted by molar-refractivity contribution is -0.140. The Hall–Kier alpha value is -1.75. The second-order valence-electron chi connectivity index (χ2n) is 8.22. The summed E-state index contributed by atoms with van der Waals surface area (Å²) in [4.78, 5) is 13.0. The summed E-state index contributed by atoms with van der Waals surface area (Å²) in [6, 6.07) is 5.60. The zero-order chi connectivity index (χ0) is 20.5. The quantitative estimate of drug-likeness (QED) is 0.627. The first-order valence-corrected chi connectivity index (χ1v) is 10.6. The van der Waals surface area contributed by atoms with Gasteiger partial charge in [0.05, 0.1) is 20.3 Å². The van der Waals surface area contributed by atoms with Crippen molar-refractivity contribution in [1.29, 1.82) is 0 Å². The number of ether oxygens (including phenoxy) is 3. The molecule has 2 unspecified atom stereocenters. The molecule has 0 radical (unpaired) electrons. The zero-order valence-electron chi connectivity index (χ0n) is 18.1. The van der Waals surface area contributed by atoms with E-state index in [0.717, 1.165) is 23.5 Å². The van der Waals surface area contributed by atoms with Gasteiger partial charge in [0.25, 0.3) is 0 Å². The molecule has 0 aliphatic heterocycles. The molecule has 1 N–H and O–H groups in total. The number of carbonyl (C=O) groups excluding carboxylic acids is 1. The summed E-state index contributed by atoms with van der Waals surface area (Å²) in [5.74, 6) is 2.33. The lowest BCUT2D eigenvalue weighted by atomic mass is 9.81. The topological polar surface area (TPSA) is 56.8 Å². The standard InChI is InChI=1S/C23H37NO4/c1-16(2)28-22(17(3)13-18-9-7-6-8-10-18)23(25)24-15-19-14-20(26-4)11-12-21(19)27-5/h11-12,14,16-18,22H,6-10,13,15H2,1-5H3,(H,24,25). The summed E-state index contributed by atoms with van der Waals surface area (Å²) in [5.41, 5.74) is 0.887. The monoisotopic (exact) mass is 391 g/mol. The molecule has 1 amide bonds. The van der Waals surface area contributed by atoms with Gasteiger partial charge in [-0.2, -0.15) is 0 Å². The Bertz CT molecular complexity index is 611. The Balaban J connectivity index is 2.01. The molecule has 1 fully saturated rings. The van der Waals surface area contributed by atoms with Gasteiger partial charge < -0.3 is 19.5 Å². The molecule has 0 aromatic heterocycles. The normalized spacial score (nSPS) is 17.2. The molecule has 0 bridgehead atoms. The van der Waals surface area contributed by atoms with E-state index >= 15 is 0 Å². The van der Waals surface area contributed by atoms with Gasteiger partial charge in [-0.15, -0.1) is 0 Å². The third-order valence-corrected chi connectivity index (χ3v) is 5.56. The summed E-state index contributed by atoms with van der Waals surface area (Å²) in [5, 5.41) is 3.05. The van der Waals surface area contributed by atoms with Crippen molar-refractivity contribution in [2.45, 2.75) is 78.0 Å². The van der Waals surface area contributed by atoms with Crippen LogP contribution in [0.25, 0.3) is 0 Å². The fourth-order valence-electron chi connectivity index (χ4n) is 4.12. The second kappa shape index (κ2) is 11.3. The minimum atomic E-state index is -0.432. The lowest BCUT2D eigenvalue weighted by Gasteiger charge is -2.30. The minimum absolute atomic E-state index is 0.0101. The van der Waals surface area contributed by atoms with Crippen molar-refractivity contribution in [3.8, 4) is 11.5 Å². The van der Waals surface area contributed by atoms with Gasteiger partial charge in [-0.05, 0) is 50.3 Å². The Morgan fingerprint density at radius 2 is 1.82 bits per heavy atom. The van der Waals surface area contributed by atoms with Crippen LogP contribution in [-0.4, -0.2) is 32.3 Å². The fourth-order valence-corrected chi connectivity index (χ4v) is 4.12. The van der Waals surface area contributed by atoms with Crippen molar-refractivity contribution in [2.75, 3.05) is 14.2 Å². The number of hydrogen-bond donors (Lipinski definition) is 1. The Morgan fingerprint density at radius 1 is 1.11 bits per heavy atom. The molecule has 1 aromatic rings. The van der Waals surface area contributed by atoms with Crippen molar-refractivity contribution in [3.63, 3.8) is 0 Å². The Kier molecular flexibility index (Phi) is 9.10. The molecule has 2 rings (SSSR count). The molecule has 1 aliphatic carbocycles. The van der Waals surface area contributed by atoms with Crippen molar-refractivity contribution < 1.29 is 19.0 Å². The van der Waals surface area contributed by atoms with E-state index < -0.39 is 6.10 Å². The second-order valence-corrected chi connectivity index (χ2v) is 8.22. The van der Waals surface area contributed by atoms with Crippen molar-refractivity contribution in [2.24, 2.45) is 11.8 Å². The molecule has 5 nitrogen and oxygen atoms in total. The van der Waals surface area contributed by atoms with Crippen LogP contribution in [0.4, 0.5) is 0 Å². The Labute approximate surface area is 170 Å². The van der Waals surface area contributed by atoms with Crippen LogP contribution >= 0.6 is 0 Å². The van der Waals surface area contributed by atoms with Gasteiger partial charge in [0, 0.05) is 12.1 Å². The molecular weight excluding hydrogens is 354 g/mol. The lowest BCUT2D eigenvalue weighted by Crippen LogP contribution is -2.42. The minimum Gasteiger partial charge on any atom is -0.497 e. The predicted molar refractivity (Wildman–Crippen MR) is 112 cm³/mol. The summed E-state index contributed by atoms with van der Waals surface area (Å²) in [7, 11) is 3.26. The average Bonchev–Trinajstić information content (AvgIpc) is 2.70. The Morgan fingerprint density at radius 3 is 2.43 bits per heavy atom. The van der Waals surface area contributed by atoms with Gasteiger partial charge >= 0.3 is 0 Å². The number of nitrogens with one attached hydrogen (secondary N) is 1. The third kappa shape index (κ3) is 6.69. The molecule has 2 atom stereocenters. The molecule has 1 saturated carbocycles. The van der Waals surface area contributed by atoms with Gasteiger partial charge in [0.15, 0.2) is 0 Å². The van der Waals surface area contributed by atoms with Crippen molar-refractivity contribution >= 4 is 5.91 Å². The number of carbonyl (C=O) groups is 1. The maximum absolute atomic E-state index is 13.0. The van der Waals surface area contributed by atoms with E-state index in [1.54, 1.807) is 14.2 Å². The number of rotatable bonds is 10. The number of benzene rings is 1. The maximum atomic E-state index is 13.0. The van der Waals surface area contributed by atoms with Gasteiger partial charge in [0.1, 0.15) is 17.6 Å². The van der Waals surface area contributed by atoms with E-state index in [2.05, 4.69) is 12.2 Å². The van der Waals surface area contributed by atoms with E-state index in [0.29, 0.717) is 12.5 Å². The van der Waals surface area contributed by atoms with E-state index in [4.69, 9.17) is 14.2 Å². The van der Waals surface area contributed by atoms with Crippen molar-refractivity contribution in [3.05, 3.63) is 23.8 Å². The van der Waals surface area contributed by atoms with E-state index in [1.807, 2.05) is 32.0 Å². The van der Waals surface area contributed by atoms with Gasteiger partial charge in [-0.1, -0.05) is 39.0 Å². The zero-order valence-corrected chi connectivity index (χ0v) is 18.1. The molecule has 0 spiro atoms. The maximum Gasteiger partial charge on any atom is 0.249 e. The van der Waals surface area contributed by atoms with Gasteiger partial charge in [-0.25, -0.2) is 0 Å². The number of amides is 1. The van der Waals surface area contributed by atoms with Crippen molar-refractivity contribution in [1.82, 2.24) is 5.32 Å². The first-order valence-electron chi connectivity index (χ1n) is 10.6. The highest BCUT2D eigenvalue weighted by molar-refractivity contribution is 5.81. The average molecular weight is 392 g/mol. The fraction of sp³-hybridized carbons (Fsp3) is 0.696. The molecule has 5 heteroatoms. The van der Waals surface area contributed by atoms with Crippen LogP contribution in [-0.2, 0) is 16.1 Å². The highest BCUT2D eigenvalue weighted by atomic mass is 16.5. The van der Waals surface area contributed by atoms with Gasteiger partial charge in [0.2, 0.25) is 5.91 Å². The summed E-state index contributed by atoms with van der Waals surface area (Å²) >= 11 is 0. The molecular formula is C23H37NO4. The molecule has 0 heterocycles. The SMILES string of the molecule is COc1ccc(OC)c(CNC(=O)C(OC(C)C)C(C)CC2CCCCC2)c1. The first-order chi connectivity index (χ1) is 13.4. The van der Waals surface area contributed by atoms with E-state index in [1.165, 1.54) is 32.1 Å². The van der Waals surface area contributed by atoms with Crippen LogP contribution < -0.4 is 14.8 Å². The highest BCUT2D eigenvalue weighted by Crippen LogP contribution is 2.31. The summed E-state index contributed by atoms with van der Waals surface area (Å²) < 4.78 is 16.7.